The highest BCUT2D eigenvalue weighted by Gasteiger charge is 2.30. The van der Waals surface area contributed by atoms with Crippen LogP contribution in [-0.2, 0) is 22.7 Å². The molecule has 1 N–H and O–H groups in total. The molecule has 5 nitrogen and oxygen atoms in total. The molecule has 0 bridgehead atoms. The molecule has 154 valence electrons. The Kier molecular flexibility index (Phi) is 7.57. The number of hydrogen-bond donors (Lipinski definition) is 1. The average molecular weight is 422 g/mol. The Hall–Kier alpha value is -3.18. The number of benzene rings is 2. The van der Waals surface area contributed by atoms with Crippen molar-refractivity contribution < 1.29 is 9.59 Å². The van der Waals surface area contributed by atoms with E-state index in [0.717, 1.165) is 16.7 Å². The van der Waals surface area contributed by atoms with Crippen molar-refractivity contribution in [1.29, 1.82) is 0 Å². The van der Waals surface area contributed by atoms with Crippen molar-refractivity contribution in [2.45, 2.75) is 32.5 Å². The number of nitrogens with zero attached hydrogens (tertiary/aromatic N) is 2. The molecule has 6 heteroatoms. The van der Waals surface area contributed by atoms with Gasteiger partial charge < -0.3 is 10.2 Å². The Morgan fingerprint density at radius 2 is 1.73 bits per heavy atom. The number of halogens is 1. The van der Waals surface area contributed by atoms with Crippen molar-refractivity contribution in [3.05, 3.63) is 101 Å². The third-order valence-electron chi connectivity index (χ3n) is 4.75. The Balaban J connectivity index is 1.89. The van der Waals surface area contributed by atoms with Crippen LogP contribution in [0.1, 0.15) is 36.1 Å². The van der Waals surface area contributed by atoms with Gasteiger partial charge in [0.25, 0.3) is 0 Å². The van der Waals surface area contributed by atoms with Gasteiger partial charge in [0.05, 0.1) is 0 Å². The highest BCUT2D eigenvalue weighted by molar-refractivity contribution is 6.30. The number of rotatable bonds is 8. The van der Waals surface area contributed by atoms with E-state index in [4.69, 9.17) is 11.6 Å². The van der Waals surface area contributed by atoms with E-state index >= 15 is 0 Å². The van der Waals surface area contributed by atoms with Gasteiger partial charge in [0.1, 0.15) is 6.04 Å². The number of carbonyl (C=O) groups is 2. The van der Waals surface area contributed by atoms with Crippen LogP contribution in [0.3, 0.4) is 0 Å². The lowest BCUT2D eigenvalue weighted by Gasteiger charge is -2.31. The lowest BCUT2D eigenvalue weighted by molar-refractivity contribution is -0.141. The highest BCUT2D eigenvalue weighted by atomic mass is 35.5. The van der Waals surface area contributed by atoms with Crippen molar-refractivity contribution in [2.24, 2.45) is 0 Å². The summed E-state index contributed by atoms with van der Waals surface area (Å²) in [6, 6.07) is 19.6. The molecule has 0 fully saturated rings. The molecule has 3 aromatic rings. The van der Waals surface area contributed by atoms with Crippen LogP contribution in [0.15, 0.2) is 79.1 Å². The molecule has 0 aliphatic rings. The number of aromatic nitrogens is 1. The van der Waals surface area contributed by atoms with Crippen LogP contribution in [0.25, 0.3) is 0 Å². The Bertz CT molecular complexity index is 963. The molecule has 0 saturated heterocycles. The van der Waals surface area contributed by atoms with Crippen LogP contribution < -0.4 is 5.32 Å². The Morgan fingerprint density at radius 3 is 2.37 bits per heavy atom. The summed E-state index contributed by atoms with van der Waals surface area (Å²) in [6.07, 6.45) is 3.69. The molecule has 0 radical (unpaired) electrons. The fourth-order valence-electron chi connectivity index (χ4n) is 3.21. The summed E-state index contributed by atoms with van der Waals surface area (Å²) in [5.74, 6) is -0.337. The first-order valence-electron chi connectivity index (χ1n) is 9.84. The summed E-state index contributed by atoms with van der Waals surface area (Å²) in [6.45, 7) is 2.45. The Morgan fingerprint density at radius 1 is 1.00 bits per heavy atom. The molecule has 0 saturated carbocycles. The summed E-state index contributed by atoms with van der Waals surface area (Å²) in [7, 11) is 0. The van der Waals surface area contributed by atoms with Crippen LogP contribution in [-0.4, -0.2) is 21.7 Å². The summed E-state index contributed by atoms with van der Waals surface area (Å²) in [5, 5.41) is 3.58. The lowest BCUT2D eigenvalue weighted by atomic mass is 10.0. The van der Waals surface area contributed by atoms with E-state index in [0.29, 0.717) is 24.5 Å². The van der Waals surface area contributed by atoms with E-state index < -0.39 is 6.04 Å². The van der Waals surface area contributed by atoms with Crippen molar-refractivity contribution in [2.75, 3.05) is 0 Å². The largest absolute Gasteiger partial charge is 0.350 e. The zero-order valence-corrected chi connectivity index (χ0v) is 17.5. The minimum atomic E-state index is -0.744. The topological polar surface area (TPSA) is 62.3 Å². The van der Waals surface area contributed by atoms with Gasteiger partial charge in [-0.3, -0.25) is 14.6 Å². The van der Waals surface area contributed by atoms with Gasteiger partial charge in [-0.1, -0.05) is 67.1 Å². The molecule has 1 heterocycles. The van der Waals surface area contributed by atoms with E-state index in [1.807, 2.05) is 54.6 Å². The van der Waals surface area contributed by atoms with E-state index in [-0.39, 0.29) is 11.8 Å². The summed E-state index contributed by atoms with van der Waals surface area (Å²) < 4.78 is 0. The molecule has 30 heavy (non-hydrogen) atoms. The van der Waals surface area contributed by atoms with Gasteiger partial charge in [0.2, 0.25) is 11.8 Å². The predicted octanol–water partition coefficient (Wildman–Crippen LogP) is 4.53. The molecule has 0 aliphatic heterocycles. The first kappa shape index (κ1) is 21.5. The highest BCUT2D eigenvalue weighted by Crippen LogP contribution is 2.25. The van der Waals surface area contributed by atoms with Gasteiger partial charge in [0, 0.05) is 36.9 Å². The maximum atomic E-state index is 13.3. The van der Waals surface area contributed by atoms with Crippen molar-refractivity contribution in [1.82, 2.24) is 15.2 Å². The molecule has 2 amide bonds. The van der Waals surface area contributed by atoms with Gasteiger partial charge in [-0.2, -0.15) is 0 Å². The second kappa shape index (κ2) is 10.6. The van der Waals surface area contributed by atoms with E-state index in [2.05, 4.69) is 10.3 Å². The molecular weight excluding hydrogens is 398 g/mol. The monoisotopic (exact) mass is 421 g/mol. The molecule has 1 atom stereocenters. The average Bonchev–Trinajstić information content (AvgIpc) is 2.79. The molecule has 2 aromatic carbocycles. The molecule has 0 unspecified atom stereocenters. The zero-order valence-electron chi connectivity index (χ0n) is 16.8. The fourth-order valence-corrected chi connectivity index (χ4v) is 3.34. The summed E-state index contributed by atoms with van der Waals surface area (Å²) >= 11 is 6.00. The first-order valence-corrected chi connectivity index (χ1v) is 10.2. The summed E-state index contributed by atoms with van der Waals surface area (Å²) in [5.41, 5.74) is 2.56. The number of nitrogens with one attached hydrogen (secondary N) is 1. The SMILES string of the molecule is CCC(=O)N(Cc1ccc(Cl)cc1)[C@H](C(=O)NCc1cccnc1)c1ccccc1. The molecule has 3 rings (SSSR count). The third-order valence-corrected chi connectivity index (χ3v) is 5.01. The van der Waals surface area contributed by atoms with Gasteiger partial charge in [-0.15, -0.1) is 0 Å². The number of pyridine rings is 1. The molecule has 1 aromatic heterocycles. The van der Waals surface area contributed by atoms with Crippen molar-refractivity contribution in [3.63, 3.8) is 0 Å². The third kappa shape index (κ3) is 5.67. The van der Waals surface area contributed by atoms with Gasteiger partial charge in [-0.25, -0.2) is 0 Å². The van der Waals surface area contributed by atoms with Crippen LogP contribution in [0.5, 0.6) is 0 Å². The standard InChI is InChI=1S/C24H24ClN3O2/c1-2-22(29)28(17-18-10-12-21(25)13-11-18)23(20-8-4-3-5-9-20)24(30)27-16-19-7-6-14-26-15-19/h3-15,23H,2,16-17H2,1H3,(H,27,30)/t23-/m0/s1. The van der Waals surface area contributed by atoms with Gasteiger partial charge in [0.15, 0.2) is 0 Å². The van der Waals surface area contributed by atoms with E-state index in [9.17, 15) is 9.59 Å². The molecular formula is C24H24ClN3O2. The number of amides is 2. The number of hydrogen-bond acceptors (Lipinski definition) is 3. The molecule has 0 spiro atoms. The smallest absolute Gasteiger partial charge is 0.247 e. The fraction of sp³-hybridized carbons (Fsp3) is 0.208. The second-order valence-electron chi connectivity index (χ2n) is 6.89. The van der Waals surface area contributed by atoms with Crippen molar-refractivity contribution in [3.8, 4) is 0 Å². The van der Waals surface area contributed by atoms with Gasteiger partial charge >= 0.3 is 0 Å². The lowest BCUT2D eigenvalue weighted by Crippen LogP contribution is -2.43. The van der Waals surface area contributed by atoms with Gasteiger partial charge in [-0.05, 0) is 34.9 Å². The second-order valence-corrected chi connectivity index (χ2v) is 7.33. The van der Waals surface area contributed by atoms with E-state index in [1.165, 1.54) is 0 Å². The maximum absolute atomic E-state index is 13.3. The Labute approximate surface area is 181 Å². The van der Waals surface area contributed by atoms with Crippen molar-refractivity contribution >= 4 is 23.4 Å². The maximum Gasteiger partial charge on any atom is 0.247 e. The molecule has 0 aliphatic carbocycles. The zero-order chi connectivity index (χ0) is 21.3. The number of carbonyl (C=O) groups excluding carboxylic acids is 2. The van der Waals surface area contributed by atoms with Crippen LogP contribution in [0.2, 0.25) is 5.02 Å². The van der Waals surface area contributed by atoms with Crippen LogP contribution in [0, 0.1) is 0 Å². The van der Waals surface area contributed by atoms with Crippen LogP contribution >= 0.6 is 11.6 Å². The normalized spacial score (nSPS) is 11.5. The van der Waals surface area contributed by atoms with Crippen LogP contribution in [0.4, 0.5) is 0 Å². The summed E-state index contributed by atoms with van der Waals surface area (Å²) in [4.78, 5) is 31.9. The predicted molar refractivity (Wildman–Crippen MR) is 118 cm³/mol. The quantitative estimate of drug-likeness (QED) is 0.581. The van der Waals surface area contributed by atoms with E-state index in [1.54, 1.807) is 36.4 Å². The minimum Gasteiger partial charge on any atom is -0.350 e. The first-order chi connectivity index (χ1) is 14.6. The minimum absolute atomic E-state index is 0.102.